The van der Waals surface area contributed by atoms with Gasteiger partial charge in [0, 0.05) is 9.50 Å². The Morgan fingerprint density at radius 1 is 1.56 bits per heavy atom. The van der Waals surface area contributed by atoms with Crippen molar-refractivity contribution < 1.29 is 19.4 Å². The highest BCUT2D eigenvalue weighted by molar-refractivity contribution is 9.10. The molecular weight excluding hydrogens is 325 g/mol. The zero-order chi connectivity index (χ0) is 13.7. The number of nitrogens with one attached hydrogen (secondary N) is 1. The lowest BCUT2D eigenvalue weighted by Crippen LogP contribution is -2.44. The summed E-state index contributed by atoms with van der Waals surface area (Å²) >= 11 is 8.94. The standard InChI is InChI=1S/C11H11BrClNO4/c1-18-11(17)9(5-15)14-10(16)7-3-2-6(13)4-8(7)12/h2-4,9,15H,5H2,1H3,(H,14,16). The van der Waals surface area contributed by atoms with E-state index in [0.29, 0.717) is 15.1 Å². The monoisotopic (exact) mass is 335 g/mol. The molecule has 0 aliphatic heterocycles. The van der Waals surface area contributed by atoms with Crippen LogP contribution < -0.4 is 5.32 Å². The minimum atomic E-state index is -1.09. The van der Waals surface area contributed by atoms with E-state index in [2.05, 4.69) is 26.0 Å². The molecule has 0 radical (unpaired) electrons. The fourth-order valence-electron chi connectivity index (χ4n) is 1.23. The Balaban J connectivity index is 2.84. The van der Waals surface area contributed by atoms with E-state index in [1.165, 1.54) is 13.2 Å². The van der Waals surface area contributed by atoms with Crippen LogP contribution in [0.4, 0.5) is 0 Å². The first kappa shape index (κ1) is 14.9. The van der Waals surface area contributed by atoms with Crippen LogP contribution in [0.5, 0.6) is 0 Å². The number of benzene rings is 1. The Bertz CT molecular complexity index is 466. The maximum Gasteiger partial charge on any atom is 0.330 e. The zero-order valence-electron chi connectivity index (χ0n) is 9.44. The lowest BCUT2D eigenvalue weighted by atomic mass is 10.2. The van der Waals surface area contributed by atoms with Crippen LogP contribution in [-0.2, 0) is 9.53 Å². The summed E-state index contributed by atoms with van der Waals surface area (Å²) < 4.78 is 4.94. The number of ether oxygens (including phenoxy) is 1. The molecule has 98 valence electrons. The second-order valence-electron chi connectivity index (χ2n) is 3.36. The molecule has 18 heavy (non-hydrogen) atoms. The number of hydrogen-bond donors (Lipinski definition) is 2. The Kier molecular flexibility index (Phi) is 5.58. The molecule has 0 aromatic heterocycles. The summed E-state index contributed by atoms with van der Waals surface area (Å²) in [4.78, 5) is 23.1. The summed E-state index contributed by atoms with van der Waals surface area (Å²) in [6.07, 6.45) is 0. The Hall–Kier alpha value is -1.11. The molecule has 0 spiro atoms. The van der Waals surface area contributed by atoms with Crippen LogP contribution in [0.25, 0.3) is 0 Å². The second kappa shape index (κ2) is 6.72. The van der Waals surface area contributed by atoms with E-state index in [1.807, 2.05) is 0 Å². The van der Waals surface area contributed by atoms with Crippen molar-refractivity contribution in [1.82, 2.24) is 5.32 Å². The first-order valence-electron chi connectivity index (χ1n) is 4.94. The van der Waals surface area contributed by atoms with Gasteiger partial charge in [0.15, 0.2) is 6.04 Å². The van der Waals surface area contributed by atoms with Crippen molar-refractivity contribution in [3.8, 4) is 0 Å². The van der Waals surface area contributed by atoms with Gasteiger partial charge in [0.25, 0.3) is 5.91 Å². The van der Waals surface area contributed by atoms with E-state index in [4.69, 9.17) is 16.7 Å². The predicted molar refractivity (Wildman–Crippen MR) is 69.5 cm³/mol. The molecule has 1 rings (SSSR count). The molecule has 1 unspecified atom stereocenters. The van der Waals surface area contributed by atoms with E-state index in [1.54, 1.807) is 12.1 Å². The normalized spacial score (nSPS) is 11.8. The average molecular weight is 337 g/mol. The number of halogens is 2. The van der Waals surface area contributed by atoms with Crippen molar-refractivity contribution in [3.05, 3.63) is 33.3 Å². The Morgan fingerprint density at radius 3 is 2.72 bits per heavy atom. The molecule has 0 saturated carbocycles. The summed E-state index contributed by atoms with van der Waals surface area (Å²) in [6.45, 7) is -0.538. The van der Waals surface area contributed by atoms with Gasteiger partial charge < -0.3 is 15.2 Å². The molecule has 0 aliphatic carbocycles. The van der Waals surface area contributed by atoms with Gasteiger partial charge in [-0.15, -0.1) is 0 Å². The molecule has 0 heterocycles. The minimum Gasteiger partial charge on any atom is -0.467 e. The van der Waals surface area contributed by atoms with Gasteiger partial charge in [0.05, 0.1) is 19.3 Å². The highest BCUT2D eigenvalue weighted by Crippen LogP contribution is 2.21. The maximum atomic E-state index is 11.9. The fraction of sp³-hybridized carbons (Fsp3) is 0.273. The van der Waals surface area contributed by atoms with Crippen molar-refractivity contribution in [1.29, 1.82) is 0 Å². The lowest BCUT2D eigenvalue weighted by molar-refractivity contribution is -0.143. The highest BCUT2D eigenvalue weighted by Gasteiger charge is 2.22. The number of rotatable bonds is 4. The molecule has 1 amide bonds. The maximum absolute atomic E-state index is 11.9. The number of esters is 1. The van der Waals surface area contributed by atoms with Crippen LogP contribution in [0.2, 0.25) is 5.02 Å². The number of carbonyl (C=O) groups is 2. The van der Waals surface area contributed by atoms with E-state index >= 15 is 0 Å². The Morgan fingerprint density at radius 2 is 2.22 bits per heavy atom. The molecule has 0 aliphatic rings. The van der Waals surface area contributed by atoms with Gasteiger partial charge in [-0.1, -0.05) is 11.6 Å². The van der Waals surface area contributed by atoms with Crippen LogP contribution in [0.1, 0.15) is 10.4 Å². The second-order valence-corrected chi connectivity index (χ2v) is 4.65. The van der Waals surface area contributed by atoms with Gasteiger partial charge in [-0.05, 0) is 34.1 Å². The molecule has 0 bridgehead atoms. The molecule has 0 saturated heterocycles. The average Bonchev–Trinajstić information content (AvgIpc) is 2.34. The number of aliphatic hydroxyl groups excluding tert-OH is 1. The molecule has 7 heteroatoms. The first-order chi connectivity index (χ1) is 8.49. The van der Waals surface area contributed by atoms with Gasteiger partial charge in [-0.3, -0.25) is 4.79 Å². The van der Waals surface area contributed by atoms with Crippen molar-refractivity contribution in [2.24, 2.45) is 0 Å². The van der Waals surface area contributed by atoms with E-state index in [9.17, 15) is 9.59 Å². The number of hydrogen-bond acceptors (Lipinski definition) is 4. The predicted octanol–water partition coefficient (Wildman–Crippen LogP) is 1.37. The number of methoxy groups -OCH3 is 1. The van der Waals surface area contributed by atoms with Crippen molar-refractivity contribution >= 4 is 39.4 Å². The van der Waals surface area contributed by atoms with Gasteiger partial charge >= 0.3 is 5.97 Å². The smallest absolute Gasteiger partial charge is 0.330 e. The highest BCUT2D eigenvalue weighted by atomic mass is 79.9. The quantitative estimate of drug-likeness (QED) is 0.814. The van der Waals surface area contributed by atoms with Gasteiger partial charge in [-0.2, -0.15) is 0 Å². The molecule has 1 aromatic carbocycles. The number of amides is 1. The van der Waals surface area contributed by atoms with Gasteiger partial charge in [0.1, 0.15) is 0 Å². The summed E-state index contributed by atoms with van der Waals surface area (Å²) in [7, 11) is 1.18. The van der Waals surface area contributed by atoms with Crippen molar-refractivity contribution in [2.75, 3.05) is 13.7 Å². The zero-order valence-corrected chi connectivity index (χ0v) is 11.8. The van der Waals surface area contributed by atoms with E-state index < -0.39 is 24.5 Å². The van der Waals surface area contributed by atoms with Crippen molar-refractivity contribution in [3.63, 3.8) is 0 Å². The van der Waals surface area contributed by atoms with Crippen LogP contribution >= 0.6 is 27.5 Å². The van der Waals surface area contributed by atoms with Gasteiger partial charge in [-0.25, -0.2) is 4.79 Å². The lowest BCUT2D eigenvalue weighted by Gasteiger charge is -2.14. The third-order valence-electron chi connectivity index (χ3n) is 2.15. The summed E-state index contributed by atoms with van der Waals surface area (Å²) in [5.41, 5.74) is 0.307. The van der Waals surface area contributed by atoms with Gasteiger partial charge in [0.2, 0.25) is 0 Å². The number of aliphatic hydroxyl groups is 1. The SMILES string of the molecule is COC(=O)C(CO)NC(=O)c1ccc(Cl)cc1Br. The molecule has 1 atom stereocenters. The molecular formula is C11H11BrClNO4. The minimum absolute atomic E-state index is 0.307. The third kappa shape index (κ3) is 3.69. The summed E-state index contributed by atoms with van der Waals surface area (Å²) in [5, 5.41) is 11.8. The van der Waals surface area contributed by atoms with Crippen molar-refractivity contribution in [2.45, 2.75) is 6.04 Å². The Labute approximate surface area is 117 Å². The first-order valence-corrected chi connectivity index (χ1v) is 6.11. The summed E-state index contributed by atoms with van der Waals surface area (Å²) in [6, 6.07) is 3.52. The molecule has 1 aromatic rings. The molecule has 0 fully saturated rings. The topological polar surface area (TPSA) is 75.6 Å². The van der Waals surface area contributed by atoms with E-state index in [0.717, 1.165) is 0 Å². The molecule has 5 nitrogen and oxygen atoms in total. The van der Waals surface area contributed by atoms with Crippen LogP contribution in [0.3, 0.4) is 0 Å². The van der Waals surface area contributed by atoms with Crippen LogP contribution in [0, 0.1) is 0 Å². The third-order valence-corrected chi connectivity index (χ3v) is 3.04. The molecule has 2 N–H and O–H groups in total. The number of carbonyl (C=O) groups excluding carboxylic acids is 2. The fourth-order valence-corrected chi connectivity index (χ4v) is 2.09. The largest absolute Gasteiger partial charge is 0.467 e. The van der Waals surface area contributed by atoms with Crippen LogP contribution in [-0.4, -0.2) is 36.7 Å². The van der Waals surface area contributed by atoms with Crippen LogP contribution in [0.15, 0.2) is 22.7 Å². The summed E-state index contributed by atoms with van der Waals surface area (Å²) in [5.74, 6) is -1.22. The van der Waals surface area contributed by atoms with E-state index in [-0.39, 0.29) is 0 Å².